The Balaban J connectivity index is 2.88. The molecule has 0 fully saturated rings. The molecule has 0 aliphatic carbocycles. The van der Waals surface area contributed by atoms with Crippen LogP contribution in [0.2, 0.25) is 0 Å². The molecule has 0 radical (unpaired) electrons. The predicted octanol–water partition coefficient (Wildman–Crippen LogP) is 2.20. The van der Waals surface area contributed by atoms with Crippen molar-refractivity contribution in [2.75, 3.05) is 0 Å². The summed E-state index contributed by atoms with van der Waals surface area (Å²) in [5.41, 5.74) is 5.32. The number of hydrogen-bond acceptors (Lipinski definition) is 2. The largest absolute Gasteiger partial charge is 0.316 e. The van der Waals surface area contributed by atoms with Crippen molar-refractivity contribution in [2.45, 2.75) is 13.5 Å². The average molecular weight is 163 g/mol. The molecule has 0 saturated heterocycles. The van der Waals surface area contributed by atoms with Crippen LogP contribution in [0.15, 0.2) is 30.8 Å². The summed E-state index contributed by atoms with van der Waals surface area (Å²) in [4.78, 5) is 0. The van der Waals surface area contributed by atoms with Gasteiger partial charge >= 0.3 is 0 Å². The van der Waals surface area contributed by atoms with E-state index >= 15 is 0 Å². The summed E-state index contributed by atoms with van der Waals surface area (Å²) in [6, 6.07) is 7.92. The Morgan fingerprint density at radius 1 is 1.58 bits per heavy atom. The molecule has 0 bridgehead atoms. The zero-order valence-corrected chi connectivity index (χ0v) is 7.17. The summed E-state index contributed by atoms with van der Waals surface area (Å²) in [6.07, 6.45) is 0. The first kappa shape index (κ1) is 8.97. The summed E-state index contributed by atoms with van der Waals surface area (Å²) >= 11 is 0. The highest BCUT2D eigenvalue weighted by atomic mass is 16.5. The first-order valence-corrected chi connectivity index (χ1v) is 3.86. The summed E-state index contributed by atoms with van der Waals surface area (Å²) in [6.45, 7) is 6.28. The van der Waals surface area contributed by atoms with Crippen LogP contribution in [0, 0.1) is 0 Å². The van der Waals surface area contributed by atoms with Crippen molar-refractivity contribution in [3.63, 3.8) is 0 Å². The minimum Gasteiger partial charge on any atom is -0.316 e. The molecule has 2 N–H and O–H groups in total. The quantitative estimate of drug-likeness (QED) is 0.669. The SMILES string of the molecule is C=C(C)c1cccc(CNO)c1. The van der Waals surface area contributed by atoms with Gasteiger partial charge in [0.1, 0.15) is 0 Å². The molecule has 0 aliphatic heterocycles. The zero-order chi connectivity index (χ0) is 8.97. The Bertz CT molecular complexity index is 281. The van der Waals surface area contributed by atoms with Gasteiger partial charge < -0.3 is 5.21 Å². The van der Waals surface area contributed by atoms with Crippen molar-refractivity contribution in [2.24, 2.45) is 0 Å². The van der Waals surface area contributed by atoms with E-state index in [0.29, 0.717) is 6.54 Å². The monoisotopic (exact) mass is 163 g/mol. The summed E-state index contributed by atoms with van der Waals surface area (Å²) in [7, 11) is 0. The van der Waals surface area contributed by atoms with Gasteiger partial charge in [0.05, 0.1) is 0 Å². The molecule has 64 valence electrons. The number of allylic oxidation sites excluding steroid dienone is 1. The van der Waals surface area contributed by atoms with Gasteiger partial charge in [-0.1, -0.05) is 36.4 Å². The molecule has 12 heavy (non-hydrogen) atoms. The molecule has 1 rings (SSSR count). The van der Waals surface area contributed by atoms with Crippen LogP contribution < -0.4 is 5.48 Å². The highest BCUT2D eigenvalue weighted by Gasteiger charge is 1.94. The maximum atomic E-state index is 8.48. The topological polar surface area (TPSA) is 32.3 Å². The molecule has 2 nitrogen and oxygen atoms in total. The Morgan fingerprint density at radius 2 is 2.33 bits per heavy atom. The Morgan fingerprint density at radius 3 is 2.92 bits per heavy atom. The molecule has 1 aromatic carbocycles. The molecule has 1 aromatic rings. The van der Waals surface area contributed by atoms with Gasteiger partial charge in [-0.2, -0.15) is 0 Å². The van der Waals surface area contributed by atoms with Gasteiger partial charge in [-0.15, -0.1) is 0 Å². The molecule has 0 aliphatic rings. The van der Waals surface area contributed by atoms with E-state index < -0.39 is 0 Å². The van der Waals surface area contributed by atoms with Gasteiger partial charge in [-0.3, -0.25) is 0 Å². The van der Waals surface area contributed by atoms with Crippen molar-refractivity contribution >= 4 is 5.57 Å². The molecular weight excluding hydrogens is 150 g/mol. The lowest BCUT2D eigenvalue weighted by Crippen LogP contribution is -2.05. The lowest BCUT2D eigenvalue weighted by molar-refractivity contribution is 0.161. The van der Waals surface area contributed by atoms with Gasteiger partial charge in [-0.25, -0.2) is 5.48 Å². The van der Waals surface area contributed by atoms with E-state index in [0.717, 1.165) is 16.7 Å². The lowest BCUT2D eigenvalue weighted by Gasteiger charge is -2.02. The van der Waals surface area contributed by atoms with Crippen molar-refractivity contribution in [3.8, 4) is 0 Å². The van der Waals surface area contributed by atoms with Crippen LogP contribution in [0.3, 0.4) is 0 Å². The van der Waals surface area contributed by atoms with Gasteiger partial charge in [-0.05, 0) is 18.1 Å². The zero-order valence-electron chi connectivity index (χ0n) is 7.17. The van der Waals surface area contributed by atoms with Crippen LogP contribution in [-0.2, 0) is 6.54 Å². The fourth-order valence-corrected chi connectivity index (χ4v) is 1.04. The van der Waals surface area contributed by atoms with E-state index in [-0.39, 0.29) is 0 Å². The smallest absolute Gasteiger partial charge is 0.0458 e. The average Bonchev–Trinajstić information content (AvgIpc) is 2.05. The number of benzene rings is 1. The van der Waals surface area contributed by atoms with Crippen LogP contribution in [-0.4, -0.2) is 5.21 Å². The fourth-order valence-electron chi connectivity index (χ4n) is 1.04. The third kappa shape index (κ3) is 2.19. The summed E-state index contributed by atoms with van der Waals surface area (Å²) < 4.78 is 0. The second kappa shape index (κ2) is 4.04. The normalized spacial score (nSPS) is 9.83. The van der Waals surface area contributed by atoms with Crippen LogP contribution >= 0.6 is 0 Å². The summed E-state index contributed by atoms with van der Waals surface area (Å²) in [5.74, 6) is 0. The first-order chi connectivity index (χ1) is 5.74. The third-order valence-corrected chi connectivity index (χ3v) is 1.70. The molecular formula is C10H13NO. The standard InChI is InChI=1S/C10H13NO/c1-8(2)10-5-3-4-9(6-10)7-11-12/h3-6,11-12H,1,7H2,2H3. The van der Waals surface area contributed by atoms with Gasteiger partial charge in [0.2, 0.25) is 0 Å². The summed E-state index contributed by atoms with van der Waals surface area (Å²) in [5, 5.41) is 8.48. The van der Waals surface area contributed by atoms with Crippen molar-refractivity contribution in [1.29, 1.82) is 0 Å². The van der Waals surface area contributed by atoms with E-state index in [4.69, 9.17) is 5.21 Å². The lowest BCUT2D eigenvalue weighted by atomic mass is 10.1. The Kier molecular flexibility index (Phi) is 3.02. The van der Waals surface area contributed by atoms with Gasteiger partial charge in [0.15, 0.2) is 0 Å². The minimum absolute atomic E-state index is 0.473. The van der Waals surface area contributed by atoms with E-state index in [9.17, 15) is 0 Å². The molecule has 0 aromatic heterocycles. The highest BCUT2D eigenvalue weighted by Crippen LogP contribution is 2.12. The number of hydroxylamine groups is 1. The van der Waals surface area contributed by atoms with E-state index in [1.54, 1.807) is 0 Å². The second-order valence-corrected chi connectivity index (χ2v) is 2.82. The number of hydrogen-bond donors (Lipinski definition) is 2. The molecule has 0 saturated carbocycles. The van der Waals surface area contributed by atoms with E-state index in [1.165, 1.54) is 0 Å². The van der Waals surface area contributed by atoms with E-state index in [1.807, 2.05) is 31.2 Å². The molecule has 0 spiro atoms. The van der Waals surface area contributed by atoms with Crippen LogP contribution in [0.25, 0.3) is 5.57 Å². The maximum absolute atomic E-state index is 8.48. The molecule has 0 amide bonds. The van der Waals surface area contributed by atoms with Crippen molar-refractivity contribution in [1.82, 2.24) is 5.48 Å². The van der Waals surface area contributed by atoms with Crippen molar-refractivity contribution in [3.05, 3.63) is 42.0 Å². The molecule has 0 unspecified atom stereocenters. The van der Waals surface area contributed by atoms with E-state index in [2.05, 4.69) is 12.1 Å². The number of rotatable bonds is 3. The molecule has 0 atom stereocenters. The Labute approximate surface area is 72.5 Å². The van der Waals surface area contributed by atoms with Crippen LogP contribution in [0.1, 0.15) is 18.1 Å². The van der Waals surface area contributed by atoms with Crippen LogP contribution in [0.4, 0.5) is 0 Å². The van der Waals surface area contributed by atoms with Gasteiger partial charge in [0, 0.05) is 6.54 Å². The highest BCUT2D eigenvalue weighted by molar-refractivity contribution is 5.61. The minimum atomic E-state index is 0.473. The predicted molar refractivity (Wildman–Crippen MR) is 49.8 cm³/mol. The first-order valence-electron chi connectivity index (χ1n) is 3.86. The van der Waals surface area contributed by atoms with Crippen LogP contribution in [0.5, 0.6) is 0 Å². The third-order valence-electron chi connectivity index (χ3n) is 1.70. The number of nitrogens with one attached hydrogen (secondary N) is 1. The maximum Gasteiger partial charge on any atom is 0.0458 e. The fraction of sp³-hybridized carbons (Fsp3) is 0.200. The molecule has 0 heterocycles. The van der Waals surface area contributed by atoms with Crippen molar-refractivity contribution < 1.29 is 5.21 Å². The molecule has 2 heteroatoms. The second-order valence-electron chi connectivity index (χ2n) is 2.82. The Hall–Kier alpha value is -1.12. The van der Waals surface area contributed by atoms with Gasteiger partial charge in [0.25, 0.3) is 0 Å².